The molecular formula is C17H19NO3. The number of aliphatic hydroxyl groups excluding tert-OH is 1. The molecule has 0 saturated heterocycles. The fraction of sp³-hybridized carbons (Fsp3) is 0.294. The normalized spacial score (nSPS) is 20.8. The fourth-order valence-electron chi connectivity index (χ4n) is 2.41. The van der Waals surface area contributed by atoms with Crippen LogP contribution in [-0.4, -0.2) is 17.8 Å². The summed E-state index contributed by atoms with van der Waals surface area (Å²) in [5.41, 5.74) is 0. The molecule has 0 fully saturated rings. The van der Waals surface area contributed by atoms with Gasteiger partial charge >= 0.3 is 0 Å². The molecule has 0 amide bonds. The first-order valence-electron chi connectivity index (χ1n) is 7.17. The Bertz CT molecular complexity index is 591. The number of furan rings is 1. The predicted molar refractivity (Wildman–Crippen MR) is 80.2 cm³/mol. The number of hydrogen-bond acceptors (Lipinski definition) is 4. The minimum atomic E-state index is 0.213. The summed E-state index contributed by atoms with van der Waals surface area (Å²) in [6.45, 7) is 0.857. The van der Waals surface area contributed by atoms with Crippen LogP contribution >= 0.6 is 0 Å². The number of benzene rings is 1. The predicted octanol–water partition coefficient (Wildman–Crippen LogP) is 3.10. The second-order valence-corrected chi connectivity index (χ2v) is 5.19. The maximum absolute atomic E-state index is 9.10. The van der Waals surface area contributed by atoms with E-state index in [-0.39, 0.29) is 12.5 Å². The van der Waals surface area contributed by atoms with Gasteiger partial charge in [-0.15, -0.1) is 0 Å². The molecule has 1 aliphatic rings. The van der Waals surface area contributed by atoms with Crippen LogP contribution in [-0.2, 0) is 6.54 Å². The second-order valence-electron chi connectivity index (χ2n) is 5.19. The van der Waals surface area contributed by atoms with Crippen molar-refractivity contribution in [3.63, 3.8) is 0 Å². The minimum Gasteiger partial charge on any atom is -0.429 e. The summed E-state index contributed by atoms with van der Waals surface area (Å²) in [6.07, 6.45) is 5.10. The Morgan fingerprint density at radius 2 is 2.00 bits per heavy atom. The van der Waals surface area contributed by atoms with Crippen LogP contribution in [0.25, 0.3) is 0 Å². The van der Waals surface area contributed by atoms with Gasteiger partial charge in [0.25, 0.3) is 5.95 Å². The van der Waals surface area contributed by atoms with Gasteiger partial charge < -0.3 is 19.6 Å². The quantitative estimate of drug-likeness (QED) is 0.801. The van der Waals surface area contributed by atoms with Crippen molar-refractivity contribution in [2.75, 3.05) is 6.61 Å². The molecule has 1 heterocycles. The van der Waals surface area contributed by atoms with Crippen LogP contribution in [0.2, 0.25) is 0 Å². The third-order valence-electron chi connectivity index (χ3n) is 3.54. The third-order valence-corrected chi connectivity index (χ3v) is 3.54. The molecule has 110 valence electrons. The lowest BCUT2D eigenvalue weighted by Crippen LogP contribution is -2.25. The fourth-order valence-corrected chi connectivity index (χ4v) is 2.41. The van der Waals surface area contributed by atoms with Crippen LogP contribution in [0.1, 0.15) is 12.2 Å². The molecule has 0 radical (unpaired) electrons. The smallest absolute Gasteiger partial charge is 0.290 e. The highest BCUT2D eigenvalue weighted by molar-refractivity contribution is 5.26. The summed E-state index contributed by atoms with van der Waals surface area (Å²) in [7, 11) is 0. The Morgan fingerprint density at radius 1 is 1.14 bits per heavy atom. The zero-order valence-electron chi connectivity index (χ0n) is 11.7. The van der Waals surface area contributed by atoms with Crippen molar-refractivity contribution < 1.29 is 14.3 Å². The third kappa shape index (κ3) is 3.74. The van der Waals surface area contributed by atoms with Crippen molar-refractivity contribution in [3.8, 4) is 11.7 Å². The molecule has 0 aliphatic heterocycles. The van der Waals surface area contributed by atoms with Crippen LogP contribution in [0, 0.1) is 5.92 Å². The average molecular weight is 285 g/mol. The van der Waals surface area contributed by atoms with Gasteiger partial charge in [0, 0.05) is 24.6 Å². The molecule has 0 unspecified atom stereocenters. The standard InChI is InChI=1S/C17H19NO3/c19-12-13-6-7-14(10-13)18-11-16-8-9-17(21-16)20-15-4-2-1-3-5-15/h1-9,13-14,18-19H,10-12H2/t13-,14+/m0/s1. The van der Waals surface area contributed by atoms with Crippen LogP contribution in [0.15, 0.2) is 59.0 Å². The van der Waals surface area contributed by atoms with Crippen molar-refractivity contribution >= 4 is 0 Å². The van der Waals surface area contributed by atoms with E-state index in [2.05, 4.69) is 17.5 Å². The number of ether oxygens (including phenoxy) is 1. The second kappa shape index (κ2) is 6.61. The molecular weight excluding hydrogens is 266 g/mol. The Morgan fingerprint density at radius 3 is 2.76 bits per heavy atom. The maximum Gasteiger partial charge on any atom is 0.290 e. The van der Waals surface area contributed by atoms with Gasteiger partial charge in [0.1, 0.15) is 11.5 Å². The van der Waals surface area contributed by atoms with E-state index in [0.717, 1.165) is 17.9 Å². The van der Waals surface area contributed by atoms with Crippen LogP contribution < -0.4 is 10.1 Å². The SMILES string of the molecule is OC[C@H]1C=C[C@@H](NCc2ccc(Oc3ccccc3)o2)C1. The first-order chi connectivity index (χ1) is 10.3. The lowest BCUT2D eigenvalue weighted by Gasteiger charge is -2.11. The zero-order valence-corrected chi connectivity index (χ0v) is 11.7. The molecule has 0 saturated carbocycles. The molecule has 21 heavy (non-hydrogen) atoms. The van der Waals surface area contributed by atoms with Crippen LogP contribution in [0.3, 0.4) is 0 Å². The molecule has 1 aromatic heterocycles. The number of nitrogens with one attached hydrogen (secondary N) is 1. The number of para-hydroxylation sites is 1. The Labute approximate surface area is 124 Å². The summed E-state index contributed by atoms with van der Waals surface area (Å²) in [6, 6.07) is 13.6. The van der Waals surface area contributed by atoms with Gasteiger partial charge in [-0.1, -0.05) is 30.4 Å². The molecule has 2 N–H and O–H groups in total. The zero-order chi connectivity index (χ0) is 14.5. The molecule has 0 bridgehead atoms. The summed E-state index contributed by atoms with van der Waals surface area (Å²) in [4.78, 5) is 0. The van der Waals surface area contributed by atoms with Crippen molar-refractivity contribution in [1.82, 2.24) is 5.32 Å². The summed E-state index contributed by atoms with van der Waals surface area (Å²) < 4.78 is 11.3. The highest BCUT2D eigenvalue weighted by Crippen LogP contribution is 2.24. The van der Waals surface area contributed by atoms with E-state index in [1.54, 1.807) is 0 Å². The van der Waals surface area contributed by atoms with Gasteiger partial charge in [-0.2, -0.15) is 0 Å². The molecule has 2 aromatic rings. The lowest BCUT2D eigenvalue weighted by molar-refractivity contribution is 0.245. The van der Waals surface area contributed by atoms with Crippen molar-refractivity contribution in [2.45, 2.75) is 19.0 Å². The van der Waals surface area contributed by atoms with E-state index in [1.807, 2.05) is 42.5 Å². The molecule has 2 atom stereocenters. The Balaban J connectivity index is 1.50. The average Bonchev–Trinajstić information content (AvgIpc) is 3.15. The Hall–Kier alpha value is -2.04. The van der Waals surface area contributed by atoms with Gasteiger partial charge in [0.15, 0.2) is 0 Å². The van der Waals surface area contributed by atoms with Gasteiger partial charge in [-0.25, -0.2) is 0 Å². The van der Waals surface area contributed by atoms with E-state index in [1.165, 1.54) is 0 Å². The van der Waals surface area contributed by atoms with Crippen LogP contribution in [0.4, 0.5) is 0 Å². The molecule has 1 aromatic carbocycles. The highest BCUT2D eigenvalue weighted by Gasteiger charge is 2.17. The van der Waals surface area contributed by atoms with Crippen molar-refractivity contribution in [1.29, 1.82) is 0 Å². The Kier molecular flexibility index (Phi) is 4.38. The topological polar surface area (TPSA) is 54.6 Å². The monoisotopic (exact) mass is 285 g/mol. The minimum absolute atomic E-state index is 0.213. The summed E-state index contributed by atoms with van der Waals surface area (Å²) in [5, 5.41) is 12.5. The molecule has 1 aliphatic carbocycles. The maximum atomic E-state index is 9.10. The van der Waals surface area contributed by atoms with E-state index < -0.39 is 0 Å². The summed E-state index contributed by atoms with van der Waals surface area (Å²) in [5.74, 6) is 2.36. The van der Waals surface area contributed by atoms with E-state index in [4.69, 9.17) is 14.3 Å². The van der Waals surface area contributed by atoms with E-state index in [9.17, 15) is 0 Å². The van der Waals surface area contributed by atoms with Crippen molar-refractivity contribution in [2.24, 2.45) is 5.92 Å². The summed E-state index contributed by atoms with van der Waals surface area (Å²) >= 11 is 0. The number of rotatable bonds is 6. The number of aliphatic hydroxyl groups is 1. The number of hydrogen-bond donors (Lipinski definition) is 2. The van der Waals surface area contributed by atoms with Crippen molar-refractivity contribution in [3.05, 3.63) is 60.4 Å². The first-order valence-corrected chi connectivity index (χ1v) is 7.17. The lowest BCUT2D eigenvalue weighted by atomic mass is 10.1. The molecule has 3 rings (SSSR count). The van der Waals surface area contributed by atoms with E-state index in [0.29, 0.717) is 18.5 Å². The largest absolute Gasteiger partial charge is 0.429 e. The molecule has 4 heteroatoms. The first kappa shape index (κ1) is 13.9. The highest BCUT2D eigenvalue weighted by atomic mass is 16.6. The van der Waals surface area contributed by atoms with E-state index >= 15 is 0 Å². The van der Waals surface area contributed by atoms with Gasteiger partial charge in [-0.3, -0.25) is 0 Å². The van der Waals surface area contributed by atoms with Crippen LogP contribution in [0.5, 0.6) is 11.7 Å². The van der Waals surface area contributed by atoms with Gasteiger partial charge in [0.2, 0.25) is 0 Å². The molecule has 0 spiro atoms. The van der Waals surface area contributed by atoms with Gasteiger partial charge in [-0.05, 0) is 24.6 Å². The van der Waals surface area contributed by atoms with Gasteiger partial charge in [0.05, 0.1) is 6.54 Å². The molecule has 4 nitrogen and oxygen atoms in total.